The molecule has 1 N–H and O–H groups in total. The number of amides is 1. The molecule has 0 radical (unpaired) electrons. The number of aromatic nitrogens is 2. The van der Waals surface area contributed by atoms with Gasteiger partial charge in [-0.15, -0.1) is 10.2 Å². The molecule has 1 fully saturated rings. The Kier molecular flexibility index (Phi) is 9.16. The molecule has 11 heteroatoms. The van der Waals surface area contributed by atoms with E-state index in [1.165, 1.54) is 28.0 Å². The predicted octanol–water partition coefficient (Wildman–Crippen LogP) is 7.86. The van der Waals surface area contributed by atoms with Gasteiger partial charge in [-0.25, -0.2) is 0 Å². The van der Waals surface area contributed by atoms with Crippen LogP contribution in [0.1, 0.15) is 55.5 Å². The standard InChI is InChI=1S/C34H32ClN3O5S2/c1-19(2)13-14-42-25-9-6-8-21(17-25)29-28(30(39)22-11-12-27-24(16-22)15-20(3)43-27)31(40)32(41)38(29)33-36-37-34(45-33)44-18-23-7-4-5-10-26(23)35/h4-12,16-17,19-20,29,39H,13-15,18H2,1-3H3/t20-,29-/m0/s1. The highest BCUT2D eigenvalue weighted by Gasteiger charge is 2.48. The molecule has 0 aliphatic carbocycles. The van der Waals surface area contributed by atoms with E-state index in [1.54, 1.807) is 12.1 Å². The monoisotopic (exact) mass is 661 g/mol. The first-order valence-electron chi connectivity index (χ1n) is 14.7. The lowest BCUT2D eigenvalue weighted by atomic mass is 9.94. The highest BCUT2D eigenvalue weighted by Crippen LogP contribution is 2.45. The van der Waals surface area contributed by atoms with Crippen molar-refractivity contribution in [3.63, 3.8) is 0 Å². The molecule has 3 heterocycles. The molecule has 3 aromatic carbocycles. The van der Waals surface area contributed by atoms with Gasteiger partial charge in [0.25, 0.3) is 5.78 Å². The predicted molar refractivity (Wildman–Crippen MR) is 177 cm³/mol. The summed E-state index contributed by atoms with van der Waals surface area (Å²) in [5, 5.41) is 21.2. The average molecular weight is 662 g/mol. The minimum absolute atomic E-state index is 0.0174. The third kappa shape index (κ3) is 6.59. The lowest BCUT2D eigenvalue weighted by molar-refractivity contribution is -0.132. The number of ketones is 1. The van der Waals surface area contributed by atoms with Crippen molar-refractivity contribution in [3.8, 4) is 11.5 Å². The Hall–Kier alpha value is -3.86. The maximum Gasteiger partial charge on any atom is 0.301 e. The molecule has 2 aliphatic rings. The molecule has 232 valence electrons. The Bertz CT molecular complexity index is 1790. The van der Waals surface area contributed by atoms with Crippen LogP contribution in [-0.2, 0) is 21.8 Å². The summed E-state index contributed by atoms with van der Waals surface area (Å²) >= 11 is 8.98. The summed E-state index contributed by atoms with van der Waals surface area (Å²) in [5.41, 5.74) is 2.90. The van der Waals surface area contributed by atoms with Crippen LogP contribution in [0.3, 0.4) is 0 Å². The van der Waals surface area contributed by atoms with E-state index in [2.05, 4.69) is 24.0 Å². The topological polar surface area (TPSA) is 102 Å². The zero-order chi connectivity index (χ0) is 31.7. The number of halogens is 1. The number of anilines is 1. The van der Waals surface area contributed by atoms with Crippen LogP contribution in [0.2, 0.25) is 5.02 Å². The first-order chi connectivity index (χ1) is 21.7. The molecule has 0 saturated carbocycles. The van der Waals surface area contributed by atoms with E-state index < -0.39 is 17.7 Å². The van der Waals surface area contributed by atoms with E-state index in [-0.39, 0.29) is 22.6 Å². The zero-order valence-electron chi connectivity index (χ0n) is 25.0. The smallest absolute Gasteiger partial charge is 0.301 e. The summed E-state index contributed by atoms with van der Waals surface area (Å²) in [6.07, 6.45) is 1.58. The Morgan fingerprint density at radius 1 is 1.13 bits per heavy atom. The highest BCUT2D eigenvalue weighted by molar-refractivity contribution is 8.00. The van der Waals surface area contributed by atoms with Gasteiger partial charge >= 0.3 is 5.91 Å². The number of nitrogens with zero attached hydrogens (tertiary/aromatic N) is 3. The van der Waals surface area contributed by atoms with Crippen molar-refractivity contribution in [3.05, 3.63) is 99.6 Å². The molecular formula is C34H32ClN3O5S2. The first-order valence-corrected chi connectivity index (χ1v) is 16.9. The van der Waals surface area contributed by atoms with Gasteiger partial charge in [0.1, 0.15) is 23.4 Å². The number of benzene rings is 3. The van der Waals surface area contributed by atoms with Crippen LogP contribution < -0.4 is 14.4 Å². The fraction of sp³-hybridized carbons (Fsp3) is 0.294. The first kappa shape index (κ1) is 31.1. The zero-order valence-corrected chi connectivity index (χ0v) is 27.4. The van der Waals surface area contributed by atoms with Gasteiger partial charge in [0.15, 0.2) is 4.34 Å². The number of hydrogen-bond donors (Lipinski definition) is 1. The van der Waals surface area contributed by atoms with Gasteiger partial charge in [-0.2, -0.15) is 0 Å². The summed E-state index contributed by atoms with van der Waals surface area (Å²) in [6.45, 7) is 6.76. The lowest BCUT2D eigenvalue weighted by Crippen LogP contribution is -2.29. The van der Waals surface area contributed by atoms with Gasteiger partial charge in [0, 0.05) is 22.8 Å². The van der Waals surface area contributed by atoms with E-state index in [4.69, 9.17) is 21.1 Å². The Morgan fingerprint density at radius 3 is 2.76 bits per heavy atom. The van der Waals surface area contributed by atoms with Crippen molar-refractivity contribution in [2.24, 2.45) is 5.92 Å². The Balaban J connectivity index is 1.38. The summed E-state index contributed by atoms with van der Waals surface area (Å²) < 4.78 is 12.5. The number of thioether (sulfide) groups is 1. The van der Waals surface area contributed by atoms with Gasteiger partial charge in [-0.3, -0.25) is 14.5 Å². The van der Waals surface area contributed by atoms with Crippen molar-refractivity contribution in [2.45, 2.75) is 55.9 Å². The fourth-order valence-corrected chi connectivity index (χ4v) is 7.52. The van der Waals surface area contributed by atoms with Crippen molar-refractivity contribution in [1.29, 1.82) is 0 Å². The SMILES string of the molecule is CC(C)CCOc1cccc([C@H]2C(=C(O)c3ccc4c(c3)C[C@H](C)O4)C(=O)C(=O)N2c2nnc(SCc3ccccc3Cl)s2)c1. The largest absolute Gasteiger partial charge is 0.507 e. The minimum atomic E-state index is -0.948. The van der Waals surface area contributed by atoms with Crippen LogP contribution in [0, 0.1) is 5.92 Å². The van der Waals surface area contributed by atoms with Crippen LogP contribution in [0.15, 0.2) is 76.6 Å². The third-order valence-corrected chi connectivity index (χ3v) is 10.1. The van der Waals surface area contributed by atoms with Crippen molar-refractivity contribution in [2.75, 3.05) is 11.5 Å². The molecule has 0 spiro atoms. The number of carbonyl (C=O) groups excluding carboxylic acids is 2. The summed E-state index contributed by atoms with van der Waals surface area (Å²) in [5.74, 6) is 0.551. The number of hydrogen-bond acceptors (Lipinski definition) is 9. The summed E-state index contributed by atoms with van der Waals surface area (Å²) in [4.78, 5) is 28.8. The molecule has 1 saturated heterocycles. The van der Waals surface area contributed by atoms with Gasteiger partial charge < -0.3 is 14.6 Å². The second-order valence-corrected chi connectivity index (χ2v) is 14.0. The lowest BCUT2D eigenvalue weighted by Gasteiger charge is -2.23. The minimum Gasteiger partial charge on any atom is -0.507 e. The number of aliphatic hydroxyl groups is 1. The molecule has 0 unspecified atom stereocenters. The summed E-state index contributed by atoms with van der Waals surface area (Å²) in [6, 6.07) is 19.2. The molecule has 1 aromatic heterocycles. The van der Waals surface area contributed by atoms with Crippen LogP contribution in [0.5, 0.6) is 11.5 Å². The molecule has 45 heavy (non-hydrogen) atoms. The maximum absolute atomic E-state index is 13.7. The molecular weight excluding hydrogens is 630 g/mol. The molecule has 2 aliphatic heterocycles. The maximum atomic E-state index is 13.7. The number of ether oxygens (including phenoxy) is 2. The average Bonchev–Trinajstić information content (AvgIpc) is 3.71. The molecule has 6 rings (SSSR count). The molecule has 1 amide bonds. The normalized spacial score (nSPS) is 18.8. The molecule has 8 nitrogen and oxygen atoms in total. The second-order valence-electron chi connectivity index (χ2n) is 11.5. The van der Waals surface area contributed by atoms with Crippen molar-refractivity contribution < 1.29 is 24.2 Å². The third-order valence-electron chi connectivity index (χ3n) is 7.66. The van der Waals surface area contributed by atoms with E-state index in [0.29, 0.717) is 50.9 Å². The number of fused-ring (bicyclic) bond motifs is 1. The fourth-order valence-electron chi connectivity index (χ4n) is 5.37. The molecule has 2 atom stereocenters. The van der Waals surface area contributed by atoms with Crippen molar-refractivity contribution in [1.82, 2.24) is 10.2 Å². The van der Waals surface area contributed by atoms with Gasteiger partial charge in [-0.05, 0) is 72.4 Å². The van der Waals surface area contributed by atoms with Crippen LogP contribution >= 0.6 is 34.7 Å². The van der Waals surface area contributed by atoms with E-state index >= 15 is 0 Å². The number of Topliss-reactive ketones (excluding diaryl/α,β-unsaturated/α-hetero) is 1. The second kappa shape index (κ2) is 13.2. The Morgan fingerprint density at radius 2 is 1.96 bits per heavy atom. The number of aliphatic hydroxyl groups excluding tert-OH is 1. The van der Waals surface area contributed by atoms with E-state index in [0.717, 1.165) is 23.3 Å². The van der Waals surface area contributed by atoms with E-state index in [1.807, 2.05) is 61.5 Å². The molecule has 0 bridgehead atoms. The van der Waals surface area contributed by atoms with Gasteiger partial charge in [0.05, 0.1) is 18.2 Å². The Labute approximate surface area is 275 Å². The number of rotatable bonds is 10. The van der Waals surface area contributed by atoms with Crippen LogP contribution in [0.4, 0.5) is 5.13 Å². The molecule has 4 aromatic rings. The van der Waals surface area contributed by atoms with Crippen molar-refractivity contribution >= 4 is 57.3 Å². The van der Waals surface area contributed by atoms with Gasteiger partial charge in [0.2, 0.25) is 5.13 Å². The van der Waals surface area contributed by atoms with Gasteiger partial charge in [-0.1, -0.05) is 78.9 Å². The van der Waals surface area contributed by atoms with E-state index in [9.17, 15) is 14.7 Å². The number of carbonyl (C=O) groups is 2. The quantitative estimate of drug-likeness (QED) is 0.0603. The van der Waals surface area contributed by atoms with Crippen LogP contribution in [-0.4, -0.2) is 39.7 Å². The highest BCUT2D eigenvalue weighted by atomic mass is 35.5. The van der Waals surface area contributed by atoms with Crippen LogP contribution in [0.25, 0.3) is 5.76 Å². The summed E-state index contributed by atoms with van der Waals surface area (Å²) in [7, 11) is 0.